The zero-order valence-corrected chi connectivity index (χ0v) is 16.0. The first-order chi connectivity index (χ1) is 12.2. The van der Waals surface area contributed by atoms with Crippen molar-refractivity contribution in [3.8, 4) is 0 Å². The van der Waals surface area contributed by atoms with Gasteiger partial charge in [0, 0.05) is 25.7 Å². The van der Waals surface area contributed by atoms with Gasteiger partial charge in [-0.1, -0.05) is 60.7 Å². The number of amides is 1. The van der Waals surface area contributed by atoms with Crippen molar-refractivity contribution in [2.45, 2.75) is 25.4 Å². The molecule has 2 aromatic carbocycles. The second kappa shape index (κ2) is 10.3. The minimum atomic E-state index is -0.00526. The third-order valence-electron chi connectivity index (χ3n) is 4.81. The molecule has 26 heavy (non-hydrogen) atoms. The Hall–Kier alpha value is -1.88. The molecule has 1 aliphatic heterocycles. The van der Waals surface area contributed by atoms with Crippen LogP contribution in [0.5, 0.6) is 0 Å². The van der Waals surface area contributed by atoms with Crippen molar-refractivity contribution >= 4 is 18.3 Å². The predicted octanol–water partition coefficient (Wildman–Crippen LogP) is 2.80. The fourth-order valence-electron chi connectivity index (χ4n) is 3.33. The summed E-state index contributed by atoms with van der Waals surface area (Å²) in [5.41, 5.74) is 2.38. The van der Waals surface area contributed by atoms with Gasteiger partial charge < -0.3 is 10.6 Å². The Morgan fingerprint density at radius 2 is 1.81 bits per heavy atom. The van der Waals surface area contributed by atoms with Crippen LogP contribution in [-0.2, 0) is 11.2 Å². The van der Waals surface area contributed by atoms with E-state index in [4.69, 9.17) is 0 Å². The van der Waals surface area contributed by atoms with Crippen LogP contribution in [-0.4, -0.2) is 43.0 Å². The van der Waals surface area contributed by atoms with E-state index in [9.17, 15) is 4.79 Å². The number of nitrogens with zero attached hydrogens (tertiary/aromatic N) is 1. The number of halogens is 1. The van der Waals surface area contributed by atoms with Crippen molar-refractivity contribution in [2.75, 3.05) is 26.2 Å². The minimum absolute atomic E-state index is 0. The van der Waals surface area contributed by atoms with E-state index in [1.807, 2.05) is 36.4 Å². The third-order valence-corrected chi connectivity index (χ3v) is 4.81. The highest BCUT2D eigenvalue weighted by Gasteiger charge is 2.22. The first-order valence-electron chi connectivity index (χ1n) is 9.05. The number of rotatable bonds is 6. The van der Waals surface area contributed by atoms with Gasteiger partial charge in [0.15, 0.2) is 0 Å². The molecule has 1 aliphatic rings. The fraction of sp³-hybridized carbons (Fsp3) is 0.381. The summed E-state index contributed by atoms with van der Waals surface area (Å²) in [6.07, 6.45) is 0.799. The van der Waals surface area contributed by atoms with Crippen molar-refractivity contribution in [3.63, 3.8) is 0 Å². The second-order valence-electron chi connectivity index (χ2n) is 6.74. The van der Waals surface area contributed by atoms with Crippen LogP contribution in [0.4, 0.5) is 0 Å². The molecule has 1 saturated heterocycles. The largest absolute Gasteiger partial charge is 0.348 e. The summed E-state index contributed by atoms with van der Waals surface area (Å²) in [7, 11) is 0. The highest BCUT2D eigenvalue weighted by molar-refractivity contribution is 5.85. The standard InChI is InChI=1S/C21H27N3O.ClH/c1-17-15-22-12-13-24(17)16-21(25)23-20(19-10-6-3-7-11-19)14-18-8-4-2-5-9-18;/h2-11,17,20,22H,12-16H2,1H3,(H,23,25);1H/t17-,20?;/m1./s1. The van der Waals surface area contributed by atoms with Gasteiger partial charge in [0.05, 0.1) is 12.6 Å². The van der Waals surface area contributed by atoms with E-state index in [1.165, 1.54) is 5.56 Å². The molecule has 1 amide bonds. The lowest BCUT2D eigenvalue weighted by molar-refractivity contribution is -0.123. The maximum Gasteiger partial charge on any atom is 0.234 e. The molecule has 5 heteroatoms. The average Bonchev–Trinajstić information content (AvgIpc) is 2.65. The number of benzene rings is 2. The van der Waals surface area contributed by atoms with Gasteiger partial charge in [-0.05, 0) is 24.5 Å². The molecule has 4 nitrogen and oxygen atoms in total. The molecular formula is C21H28ClN3O. The summed E-state index contributed by atoms with van der Waals surface area (Å²) in [6, 6.07) is 20.9. The monoisotopic (exact) mass is 373 g/mol. The summed E-state index contributed by atoms with van der Waals surface area (Å²) >= 11 is 0. The van der Waals surface area contributed by atoms with E-state index >= 15 is 0 Å². The van der Waals surface area contributed by atoms with Gasteiger partial charge in [-0.3, -0.25) is 9.69 Å². The van der Waals surface area contributed by atoms with Crippen LogP contribution in [0.15, 0.2) is 60.7 Å². The molecule has 0 aliphatic carbocycles. The van der Waals surface area contributed by atoms with Gasteiger partial charge in [-0.25, -0.2) is 0 Å². The molecule has 2 aromatic rings. The lowest BCUT2D eigenvalue weighted by Crippen LogP contribution is -2.53. The molecule has 1 unspecified atom stereocenters. The van der Waals surface area contributed by atoms with E-state index < -0.39 is 0 Å². The summed E-state index contributed by atoms with van der Waals surface area (Å²) in [5, 5.41) is 6.61. The summed E-state index contributed by atoms with van der Waals surface area (Å²) in [5.74, 6) is 0.0959. The zero-order chi connectivity index (χ0) is 17.5. The molecule has 0 spiro atoms. The summed E-state index contributed by atoms with van der Waals surface area (Å²) in [6.45, 7) is 5.44. The Morgan fingerprint density at radius 3 is 2.46 bits per heavy atom. The van der Waals surface area contributed by atoms with E-state index in [0.29, 0.717) is 12.6 Å². The molecule has 0 saturated carbocycles. The molecule has 2 atom stereocenters. The number of carbonyl (C=O) groups excluding carboxylic acids is 1. The topological polar surface area (TPSA) is 44.4 Å². The summed E-state index contributed by atoms with van der Waals surface area (Å²) in [4.78, 5) is 14.9. The SMILES string of the molecule is C[C@@H]1CNCCN1CC(=O)NC(Cc1ccccc1)c1ccccc1.Cl. The molecule has 1 fully saturated rings. The predicted molar refractivity (Wildman–Crippen MR) is 109 cm³/mol. The van der Waals surface area contributed by atoms with Crippen molar-refractivity contribution in [1.29, 1.82) is 0 Å². The van der Waals surface area contributed by atoms with Crippen LogP contribution in [0, 0.1) is 0 Å². The molecule has 0 radical (unpaired) electrons. The van der Waals surface area contributed by atoms with Gasteiger partial charge in [0.25, 0.3) is 0 Å². The molecule has 0 aromatic heterocycles. The number of hydrogen-bond acceptors (Lipinski definition) is 3. The molecular weight excluding hydrogens is 346 g/mol. The van der Waals surface area contributed by atoms with E-state index in [1.54, 1.807) is 0 Å². The Bertz CT molecular complexity index is 665. The van der Waals surface area contributed by atoms with Crippen LogP contribution >= 0.6 is 12.4 Å². The van der Waals surface area contributed by atoms with Crippen molar-refractivity contribution < 1.29 is 4.79 Å². The number of carbonyl (C=O) groups is 1. The first-order valence-corrected chi connectivity index (χ1v) is 9.05. The van der Waals surface area contributed by atoms with Gasteiger partial charge >= 0.3 is 0 Å². The van der Waals surface area contributed by atoms with Gasteiger partial charge in [-0.2, -0.15) is 0 Å². The Morgan fingerprint density at radius 1 is 1.15 bits per heavy atom. The van der Waals surface area contributed by atoms with Crippen LogP contribution in [0.2, 0.25) is 0 Å². The molecule has 2 N–H and O–H groups in total. The van der Waals surface area contributed by atoms with Gasteiger partial charge in [0.1, 0.15) is 0 Å². The van der Waals surface area contributed by atoms with Gasteiger partial charge in [-0.15, -0.1) is 12.4 Å². The minimum Gasteiger partial charge on any atom is -0.348 e. The number of nitrogens with one attached hydrogen (secondary N) is 2. The lowest BCUT2D eigenvalue weighted by atomic mass is 9.99. The maximum atomic E-state index is 12.7. The normalized spacial score (nSPS) is 18.6. The molecule has 140 valence electrons. The van der Waals surface area contributed by atoms with Gasteiger partial charge in [0.2, 0.25) is 5.91 Å². The Kier molecular flexibility index (Phi) is 8.10. The maximum absolute atomic E-state index is 12.7. The van der Waals surface area contributed by atoms with E-state index in [-0.39, 0.29) is 24.4 Å². The van der Waals surface area contributed by atoms with Crippen LogP contribution in [0.25, 0.3) is 0 Å². The van der Waals surface area contributed by atoms with E-state index in [2.05, 4.69) is 46.7 Å². The van der Waals surface area contributed by atoms with Crippen LogP contribution in [0.3, 0.4) is 0 Å². The molecule has 1 heterocycles. The van der Waals surface area contributed by atoms with Crippen LogP contribution in [0.1, 0.15) is 24.1 Å². The highest BCUT2D eigenvalue weighted by Crippen LogP contribution is 2.18. The second-order valence-corrected chi connectivity index (χ2v) is 6.74. The zero-order valence-electron chi connectivity index (χ0n) is 15.2. The van der Waals surface area contributed by atoms with Crippen molar-refractivity contribution in [3.05, 3.63) is 71.8 Å². The Balaban J connectivity index is 0.00000243. The third kappa shape index (κ3) is 5.84. The molecule has 3 rings (SSSR count). The van der Waals surface area contributed by atoms with Crippen molar-refractivity contribution in [2.24, 2.45) is 0 Å². The number of piperazine rings is 1. The molecule has 0 bridgehead atoms. The highest BCUT2D eigenvalue weighted by atomic mass is 35.5. The van der Waals surface area contributed by atoms with Crippen molar-refractivity contribution in [1.82, 2.24) is 15.5 Å². The first kappa shape index (κ1) is 20.4. The van der Waals surface area contributed by atoms with E-state index in [0.717, 1.165) is 31.6 Å². The lowest BCUT2D eigenvalue weighted by Gasteiger charge is -2.33. The number of hydrogen-bond donors (Lipinski definition) is 2. The smallest absolute Gasteiger partial charge is 0.234 e. The average molecular weight is 374 g/mol. The summed E-state index contributed by atoms with van der Waals surface area (Å²) < 4.78 is 0. The van der Waals surface area contributed by atoms with Crippen LogP contribution < -0.4 is 10.6 Å². The fourth-order valence-corrected chi connectivity index (χ4v) is 3.33. The quantitative estimate of drug-likeness (QED) is 0.818. The Labute approximate surface area is 162 Å².